The van der Waals surface area contributed by atoms with E-state index in [1.165, 1.54) is 0 Å². The number of hydrogen-bond acceptors (Lipinski definition) is 4. The van der Waals surface area contributed by atoms with Gasteiger partial charge < -0.3 is 15.5 Å². The first-order valence-electron chi connectivity index (χ1n) is 12.3. The number of aryl methyl sites for hydroxylation is 1. The number of aromatic nitrogens is 1. The maximum Gasteiger partial charge on any atom is 0.417 e. The predicted molar refractivity (Wildman–Crippen MR) is 144 cm³/mol. The molecule has 4 rings (SSSR count). The third-order valence-corrected chi connectivity index (χ3v) is 6.56. The number of benzene rings is 2. The highest BCUT2D eigenvalue weighted by Crippen LogP contribution is 2.37. The van der Waals surface area contributed by atoms with Crippen molar-refractivity contribution < 1.29 is 22.4 Å². The number of nitrogens with one attached hydrogen (secondary N) is 2. The molecule has 2 heterocycles. The number of rotatable bonds is 7. The number of hydrogen-bond donors (Lipinski definition) is 2. The molecule has 1 aromatic heterocycles. The van der Waals surface area contributed by atoms with E-state index in [1.54, 1.807) is 54.6 Å². The highest BCUT2D eigenvalue weighted by molar-refractivity contribution is 6.01. The average molecular weight is 527 g/mol. The summed E-state index contributed by atoms with van der Waals surface area (Å²) >= 11 is 0. The van der Waals surface area contributed by atoms with E-state index in [0.29, 0.717) is 29.6 Å². The van der Waals surface area contributed by atoms with Crippen LogP contribution in [0.3, 0.4) is 0 Å². The number of amides is 1. The minimum atomic E-state index is -4.68. The summed E-state index contributed by atoms with van der Waals surface area (Å²) in [5, 5.41) is 6.72. The molecular weight excluding hydrogens is 496 g/mol. The minimum absolute atomic E-state index is 0.154. The van der Waals surface area contributed by atoms with E-state index in [9.17, 15) is 22.4 Å². The summed E-state index contributed by atoms with van der Waals surface area (Å²) in [5.74, 6) is -0.263. The van der Waals surface area contributed by atoms with Crippen LogP contribution >= 0.6 is 0 Å². The zero-order valence-corrected chi connectivity index (χ0v) is 21.3. The summed E-state index contributed by atoms with van der Waals surface area (Å²) < 4.78 is 55.7. The summed E-state index contributed by atoms with van der Waals surface area (Å²) in [6.45, 7) is 6.29. The molecule has 1 aliphatic rings. The van der Waals surface area contributed by atoms with Gasteiger partial charge in [-0.1, -0.05) is 42.5 Å². The summed E-state index contributed by atoms with van der Waals surface area (Å²) in [6.07, 6.45) is -2.06. The maximum absolute atomic E-state index is 14.7. The summed E-state index contributed by atoms with van der Waals surface area (Å²) in [4.78, 5) is 18.5. The van der Waals surface area contributed by atoms with Gasteiger partial charge in [0.15, 0.2) is 0 Å². The van der Waals surface area contributed by atoms with Crippen molar-refractivity contribution in [2.75, 3.05) is 32.0 Å². The van der Waals surface area contributed by atoms with Crippen molar-refractivity contribution in [1.82, 2.24) is 15.2 Å². The van der Waals surface area contributed by atoms with Gasteiger partial charge in [0.05, 0.1) is 23.0 Å². The smallest absolute Gasteiger partial charge is 0.379 e. The molecule has 1 aliphatic heterocycles. The predicted octanol–water partition coefficient (Wildman–Crippen LogP) is 6.02. The van der Waals surface area contributed by atoms with Gasteiger partial charge in [0, 0.05) is 41.7 Å². The Morgan fingerprint density at radius 3 is 2.66 bits per heavy atom. The number of fused-ring (bicyclic) bond motifs is 1. The van der Waals surface area contributed by atoms with Gasteiger partial charge in [-0.2, -0.15) is 13.2 Å². The molecule has 1 amide bonds. The van der Waals surface area contributed by atoms with Crippen molar-refractivity contribution >= 4 is 34.0 Å². The van der Waals surface area contributed by atoms with Crippen LogP contribution in [-0.4, -0.2) is 60.9 Å². The van der Waals surface area contributed by atoms with Crippen LogP contribution in [-0.2, 0) is 0 Å². The molecule has 1 saturated heterocycles. The Morgan fingerprint density at radius 1 is 1.18 bits per heavy atom. The number of alkyl halides is 4. The van der Waals surface area contributed by atoms with Crippen LogP contribution in [0.15, 0.2) is 61.2 Å². The largest absolute Gasteiger partial charge is 0.417 e. The third-order valence-electron chi connectivity index (χ3n) is 6.56. The Bertz CT molecular complexity index is 1370. The SMILES string of the molecule is C=C(c1nc(/C=C/CNC(=O)c2cccc(C)c2)cc2c(N[C@@H]3CCN(C)C[C@@H]3F)cccc12)C(F)(F)F. The second-order valence-electron chi connectivity index (χ2n) is 9.57. The van der Waals surface area contributed by atoms with Crippen molar-refractivity contribution in [3.63, 3.8) is 0 Å². The molecule has 38 heavy (non-hydrogen) atoms. The van der Waals surface area contributed by atoms with Gasteiger partial charge in [-0.25, -0.2) is 9.37 Å². The van der Waals surface area contributed by atoms with E-state index in [1.807, 2.05) is 24.9 Å². The quantitative estimate of drug-likeness (QED) is 0.370. The summed E-state index contributed by atoms with van der Waals surface area (Å²) in [5.41, 5.74) is 0.905. The van der Waals surface area contributed by atoms with E-state index in [4.69, 9.17) is 0 Å². The Hall–Kier alpha value is -3.72. The van der Waals surface area contributed by atoms with Gasteiger partial charge in [0.1, 0.15) is 6.17 Å². The Labute approximate surface area is 219 Å². The molecular formula is C29H30F4N4O. The van der Waals surface area contributed by atoms with Crippen LogP contribution in [0.5, 0.6) is 0 Å². The van der Waals surface area contributed by atoms with Gasteiger partial charge in [-0.3, -0.25) is 4.79 Å². The van der Waals surface area contributed by atoms with Crippen LogP contribution in [0.4, 0.5) is 23.2 Å². The Balaban J connectivity index is 1.63. The zero-order valence-electron chi connectivity index (χ0n) is 21.3. The minimum Gasteiger partial charge on any atom is -0.379 e. The fourth-order valence-electron chi connectivity index (χ4n) is 4.51. The number of allylic oxidation sites excluding steroid dienone is 1. The summed E-state index contributed by atoms with van der Waals surface area (Å²) in [6, 6.07) is 13.2. The average Bonchev–Trinajstić information content (AvgIpc) is 2.87. The number of nitrogens with zero attached hydrogens (tertiary/aromatic N) is 2. The van der Waals surface area contributed by atoms with Crippen LogP contribution in [0.1, 0.15) is 33.7 Å². The molecule has 0 saturated carbocycles. The molecule has 0 radical (unpaired) electrons. The molecule has 0 unspecified atom stereocenters. The number of carbonyl (C=O) groups is 1. The molecule has 3 aromatic rings. The lowest BCUT2D eigenvalue weighted by atomic mass is 9.99. The highest BCUT2D eigenvalue weighted by atomic mass is 19.4. The van der Waals surface area contributed by atoms with Crippen molar-refractivity contribution in [3.8, 4) is 0 Å². The van der Waals surface area contributed by atoms with Gasteiger partial charge in [-0.05, 0) is 50.7 Å². The monoisotopic (exact) mass is 526 g/mol. The van der Waals surface area contributed by atoms with Crippen LogP contribution in [0, 0.1) is 6.92 Å². The van der Waals surface area contributed by atoms with Crippen LogP contribution < -0.4 is 10.6 Å². The normalized spacial score (nSPS) is 18.6. The molecule has 0 aliphatic carbocycles. The second kappa shape index (κ2) is 11.3. The van der Waals surface area contributed by atoms with E-state index < -0.39 is 24.0 Å². The molecule has 2 N–H and O–H groups in total. The van der Waals surface area contributed by atoms with E-state index in [0.717, 1.165) is 5.56 Å². The number of pyridine rings is 1. The van der Waals surface area contributed by atoms with Gasteiger partial charge in [0.25, 0.3) is 5.91 Å². The van der Waals surface area contributed by atoms with Crippen molar-refractivity contribution in [1.29, 1.82) is 0 Å². The lowest BCUT2D eigenvalue weighted by Gasteiger charge is -2.33. The molecule has 1 fully saturated rings. The topological polar surface area (TPSA) is 57.3 Å². The maximum atomic E-state index is 14.7. The van der Waals surface area contributed by atoms with Gasteiger partial charge >= 0.3 is 6.18 Å². The summed E-state index contributed by atoms with van der Waals surface area (Å²) in [7, 11) is 1.85. The molecule has 0 bridgehead atoms. The Kier molecular flexibility index (Phi) is 8.16. The zero-order chi connectivity index (χ0) is 27.4. The van der Waals surface area contributed by atoms with Crippen molar-refractivity contribution in [2.45, 2.75) is 31.7 Å². The van der Waals surface area contributed by atoms with E-state index >= 15 is 0 Å². The number of piperidine rings is 1. The fraction of sp³-hybridized carbons (Fsp3) is 0.310. The van der Waals surface area contributed by atoms with Crippen LogP contribution in [0.25, 0.3) is 22.4 Å². The standard InChI is InChI=1S/C29H30F4N4O/c1-18-7-4-8-20(15-18)28(38)34-13-6-9-21-16-23-22(27(35-21)19(2)29(31,32)33)10-5-11-25(23)36-26-12-14-37(3)17-24(26)30/h4-11,15-16,24,26,36H,2,12-14,17H2,1,3H3,(H,34,38)/b9-6+/t24-,26+/m0/s1. The van der Waals surface area contributed by atoms with Crippen molar-refractivity contribution in [3.05, 3.63) is 83.7 Å². The van der Waals surface area contributed by atoms with Gasteiger partial charge in [0.2, 0.25) is 0 Å². The van der Waals surface area contributed by atoms with E-state index in [2.05, 4.69) is 22.2 Å². The molecule has 200 valence electrons. The molecule has 5 nitrogen and oxygen atoms in total. The lowest BCUT2D eigenvalue weighted by Crippen LogP contribution is -2.46. The number of anilines is 1. The second-order valence-corrected chi connectivity index (χ2v) is 9.57. The van der Waals surface area contributed by atoms with Crippen LogP contribution in [0.2, 0.25) is 0 Å². The number of carbonyl (C=O) groups excluding carboxylic acids is 1. The Morgan fingerprint density at radius 2 is 1.95 bits per heavy atom. The fourth-order valence-corrected chi connectivity index (χ4v) is 4.51. The first-order valence-corrected chi connectivity index (χ1v) is 12.3. The first-order chi connectivity index (χ1) is 18.0. The molecule has 2 aromatic carbocycles. The lowest BCUT2D eigenvalue weighted by molar-refractivity contribution is -0.0688. The molecule has 9 heteroatoms. The number of halogens is 4. The number of likely N-dealkylation sites (tertiary alicyclic amines) is 1. The van der Waals surface area contributed by atoms with E-state index in [-0.39, 0.29) is 35.8 Å². The molecule has 0 spiro atoms. The van der Waals surface area contributed by atoms with Gasteiger partial charge in [-0.15, -0.1) is 0 Å². The highest BCUT2D eigenvalue weighted by Gasteiger charge is 2.35. The van der Waals surface area contributed by atoms with Crippen molar-refractivity contribution in [2.24, 2.45) is 0 Å². The molecule has 2 atom stereocenters. The first kappa shape index (κ1) is 27.3. The third kappa shape index (κ3) is 6.39.